The summed E-state index contributed by atoms with van der Waals surface area (Å²) >= 11 is 0. The highest BCUT2D eigenvalue weighted by molar-refractivity contribution is 5.05. The maximum absolute atomic E-state index is 9.97. The predicted molar refractivity (Wildman–Crippen MR) is 82.3 cm³/mol. The van der Waals surface area contributed by atoms with Gasteiger partial charge in [-0.05, 0) is 98.7 Å². The van der Waals surface area contributed by atoms with Gasteiger partial charge in [0.15, 0.2) is 0 Å². The summed E-state index contributed by atoms with van der Waals surface area (Å²) in [6, 6.07) is 0. The van der Waals surface area contributed by atoms with Crippen LogP contribution < -0.4 is 0 Å². The quantitative estimate of drug-likeness (QED) is 0.683. The van der Waals surface area contributed by atoms with Crippen LogP contribution in [0.2, 0.25) is 0 Å². The SMILES string of the molecule is CC1CCC2C3CCC4C[C@@H](O)CCC4C3CCC12C. The lowest BCUT2D eigenvalue weighted by Gasteiger charge is -2.56. The van der Waals surface area contributed by atoms with Gasteiger partial charge < -0.3 is 5.11 Å². The van der Waals surface area contributed by atoms with E-state index in [-0.39, 0.29) is 6.10 Å². The van der Waals surface area contributed by atoms with Crippen LogP contribution in [0.15, 0.2) is 0 Å². The van der Waals surface area contributed by atoms with E-state index >= 15 is 0 Å². The van der Waals surface area contributed by atoms with Gasteiger partial charge in [0.25, 0.3) is 0 Å². The molecule has 7 unspecified atom stereocenters. The molecule has 0 aromatic heterocycles. The van der Waals surface area contributed by atoms with E-state index in [9.17, 15) is 5.11 Å². The van der Waals surface area contributed by atoms with Crippen molar-refractivity contribution in [1.82, 2.24) is 0 Å². The van der Waals surface area contributed by atoms with Crippen LogP contribution in [0.4, 0.5) is 0 Å². The topological polar surface area (TPSA) is 20.2 Å². The Hall–Kier alpha value is -0.0400. The molecule has 0 radical (unpaired) electrons. The van der Waals surface area contributed by atoms with Crippen LogP contribution in [0, 0.1) is 40.9 Å². The van der Waals surface area contributed by atoms with Gasteiger partial charge in [-0.2, -0.15) is 0 Å². The zero-order chi connectivity index (χ0) is 13.9. The molecule has 1 heteroatoms. The lowest BCUT2D eigenvalue weighted by atomic mass is 9.50. The molecule has 0 spiro atoms. The smallest absolute Gasteiger partial charge is 0.0543 e. The van der Waals surface area contributed by atoms with E-state index in [1.54, 1.807) is 0 Å². The second-order valence-electron chi connectivity index (χ2n) is 8.93. The van der Waals surface area contributed by atoms with Crippen molar-refractivity contribution in [2.24, 2.45) is 40.9 Å². The summed E-state index contributed by atoms with van der Waals surface area (Å²) < 4.78 is 0. The Morgan fingerprint density at radius 1 is 0.850 bits per heavy atom. The maximum atomic E-state index is 9.97. The van der Waals surface area contributed by atoms with Gasteiger partial charge in [-0.25, -0.2) is 0 Å². The van der Waals surface area contributed by atoms with Crippen LogP contribution in [0.3, 0.4) is 0 Å². The Labute approximate surface area is 124 Å². The van der Waals surface area contributed by atoms with Crippen LogP contribution in [0.5, 0.6) is 0 Å². The third-order valence-corrected chi connectivity index (χ3v) is 8.40. The zero-order valence-corrected chi connectivity index (χ0v) is 13.4. The number of hydrogen-bond acceptors (Lipinski definition) is 1. The third kappa shape index (κ3) is 1.84. The van der Waals surface area contributed by atoms with Gasteiger partial charge in [0.05, 0.1) is 6.10 Å². The highest BCUT2D eigenvalue weighted by atomic mass is 16.3. The minimum atomic E-state index is 0.0214. The molecule has 8 atom stereocenters. The molecular weight excluding hydrogens is 244 g/mol. The molecule has 4 saturated carbocycles. The summed E-state index contributed by atoms with van der Waals surface area (Å²) in [6.07, 6.45) is 12.4. The fourth-order valence-corrected chi connectivity index (χ4v) is 7.09. The first kappa shape index (κ1) is 13.6. The lowest BCUT2D eigenvalue weighted by molar-refractivity contribution is -0.0755. The molecule has 20 heavy (non-hydrogen) atoms. The number of fused-ring (bicyclic) bond motifs is 5. The van der Waals surface area contributed by atoms with Crippen molar-refractivity contribution in [1.29, 1.82) is 0 Å². The van der Waals surface area contributed by atoms with Crippen molar-refractivity contribution in [2.45, 2.75) is 77.7 Å². The minimum absolute atomic E-state index is 0.0214. The maximum Gasteiger partial charge on any atom is 0.0543 e. The molecule has 4 aliphatic rings. The Morgan fingerprint density at radius 3 is 2.50 bits per heavy atom. The molecule has 1 nitrogen and oxygen atoms in total. The number of hydrogen-bond donors (Lipinski definition) is 1. The van der Waals surface area contributed by atoms with Gasteiger partial charge in [0.2, 0.25) is 0 Å². The first-order valence-electron chi connectivity index (χ1n) is 9.27. The minimum Gasteiger partial charge on any atom is -0.393 e. The third-order valence-electron chi connectivity index (χ3n) is 8.40. The average Bonchev–Trinajstić information content (AvgIpc) is 2.74. The summed E-state index contributed by atoms with van der Waals surface area (Å²) in [5.74, 6) is 5.88. The van der Waals surface area contributed by atoms with E-state index in [1.807, 2.05) is 0 Å². The van der Waals surface area contributed by atoms with Crippen LogP contribution >= 0.6 is 0 Å². The van der Waals surface area contributed by atoms with Gasteiger partial charge in [0, 0.05) is 0 Å². The fourth-order valence-electron chi connectivity index (χ4n) is 7.09. The standard InChI is InChI=1S/C19H32O/c1-12-3-8-18-17-6-4-13-11-14(20)5-7-15(13)16(17)9-10-19(12,18)2/h12-18,20H,3-11H2,1-2H3/t12?,13?,14-,15?,16?,17?,18?,19?/m0/s1. The van der Waals surface area contributed by atoms with Crippen molar-refractivity contribution in [3.63, 3.8) is 0 Å². The summed E-state index contributed by atoms with van der Waals surface area (Å²) in [5, 5.41) is 9.97. The fraction of sp³-hybridized carbons (Fsp3) is 1.00. The Bertz CT molecular complexity index is 378. The van der Waals surface area contributed by atoms with Gasteiger partial charge in [-0.3, -0.25) is 0 Å². The number of rotatable bonds is 0. The van der Waals surface area contributed by atoms with E-state index < -0.39 is 0 Å². The normalized spacial score (nSPS) is 58.6. The Balaban J connectivity index is 1.57. The van der Waals surface area contributed by atoms with Gasteiger partial charge in [-0.15, -0.1) is 0 Å². The summed E-state index contributed by atoms with van der Waals surface area (Å²) in [6.45, 7) is 5.13. The second kappa shape index (κ2) is 4.73. The molecule has 0 amide bonds. The summed E-state index contributed by atoms with van der Waals surface area (Å²) in [4.78, 5) is 0. The summed E-state index contributed by atoms with van der Waals surface area (Å²) in [5.41, 5.74) is 0.669. The molecule has 0 aliphatic heterocycles. The monoisotopic (exact) mass is 276 g/mol. The molecule has 114 valence electrons. The van der Waals surface area contributed by atoms with Crippen LogP contribution in [0.25, 0.3) is 0 Å². The van der Waals surface area contributed by atoms with E-state index in [0.29, 0.717) is 5.41 Å². The molecule has 4 fully saturated rings. The van der Waals surface area contributed by atoms with Crippen molar-refractivity contribution in [2.75, 3.05) is 0 Å². The molecule has 0 saturated heterocycles. The number of aliphatic hydroxyl groups excluding tert-OH is 1. The second-order valence-corrected chi connectivity index (χ2v) is 8.93. The Kier molecular flexibility index (Phi) is 3.22. The van der Waals surface area contributed by atoms with Gasteiger partial charge in [0.1, 0.15) is 0 Å². The molecule has 0 aromatic carbocycles. The molecular formula is C19H32O. The molecule has 1 N–H and O–H groups in total. The largest absolute Gasteiger partial charge is 0.393 e. The van der Waals surface area contributed by atoms with Crippen LogP contribution in [0.1, 0.15) is 71.6 Å². The summed E-state index contributed by atoms with van der Waals surface area (Å²) in [7, 11) is 0. The Morgan fingerprint density at radius 2 is 1.65 bits per heavy atom. The molecule has 4 aliphatic carbocycles. The predicted octanol–water partition coefficient (Wildman–Crippen LogP) is 4.64. The first-order valence-corrected chi connectivity index (χ1v) is 9.27. The zero-order valence-electron chi connectivity index (χ0n) is 13.4. The van der Waals surface area contributed by atoms with E-state index in [1.165, 1.54) is 44.9 Å². The highest BCUT2D eigenvalue weighted by Gasteiger charge is 2.55. The van der Waals surface area contributed by atoms with E-state index in [0.717, 1.165) is 48.3 Å². The van der Waals surface area contributed by atoms with Crippen molar-refractivity contribution < 1.29 is 5.11 Å². The van der Waals surface area contributed by atoms with Gasteiger partial charge >= 0.3 is 0 Å². The van der Waals surface area contributed by atoms with Crippen molar-refractivity contribution >= 4 is 0 Å². The van der Waals surface area contributed by atoms with Crippen molar-refractivity contribution in [3.05, 3.63) is 0 Å². The number of aliphatic hydroxyl groups is 1. The lowest BCUT2D eigenvalue weighted by Crippen LogP contribution is -2.48. The van der Waals surface area contributed by atoms with Crippen molar-refractivity contribution in [3.8, 4) is 0 Å². The van der Waals surface area contributed by atoms with Gasteiger partial charge in [-0.1, -0.05) is 13.8 Å². The highest BCUT2D eigenvalue weighted by Crippen LogP contribution is 2.63. The van der Waals surface area contributed by atoms with Crippen LogP contribution in [-0.4, -0.2) is 11.2 Å². The average molecular weight is 276 g/mol. The van der Waals surface area contributed by atoms with E-state index in [4.69, 9.17) is 0 Å². The first-order chi connectivity index (χ1) is 9.59. The van der Waals surface area contributed by atoms with E-state index in [2.05, 4.69) is 13.8 Å². The molecule has 4 rings (SSSR count). The molecule has 0 heterocycles. The molecule has 0 aromatic rings. The molecule has 0 bridgehead atoms. The van der Waals surface area contributed by atoms with Crippen LogP contribution in [-0.2, 0) is 0 Å².